The molecule has 104 valence electrons. The molecule has 0 saturated heterocycles. The molecule has 0 radical (unpaired) electrons. The number of para-hydroxylation sites is 1. The number of rotatable bonds is 5. The number of hydrogen-bond acceptors (Lipinski definition) is 4. The number of nitrogens with zero attached hydrogens (tertiary/aromatic N) is 1. The fourth-order valence-corrected chi connectivity index (χ4v) is 2.08. The first-order valence-electron chi connectivity index (χ1n) is 6.80. The van der Waals surface area contributed by atoms with Gasteiger partial charge in [0.25, 0.3) is 5.91 Å². The molecule has 0 aliphatic carbocycles. The van der Waals surface area contributed by atoms with Crippen molar-refractivity contribution in [2.45, 2.75) is 6.92 Å². The van der Waals surface area contributed by atoms with Gasteiger partial charge in [-0.2, -0.15) is 0 Å². The van der Waals surface area contributed by atoms with Gasteiger partial charge in [0.2, 0.25) is 0 Å². The van der Waals surface area contributed by atoms with E-state index in [1.165, 1.54) is 0 Å². The maximum absolute atomic E-state index is 12.2. The summed E-state index contributed by atoms with van der Waals surface area (Å²) in [4.78, 5) is 14.4. The zero-order valence-corrected chi connectivity index (χ0v) is 11.6. The number of benzene rings is 1. The Morgan fingerprint density at radius 2 is 2.16 bits per heavy atom. The van der Waals surface area contributed by atoms with Crippen molar-refractivity contribution in [1.82, 2.24) is 10.2 Å². The average molecular weight is 262 g/mol. The second-order valence-electron chi connectivity index (χ2n) is 4.73. The van der Waals surface area contributed by atoms with E-state index < -0.39 is 0 Å². The molecule has 5 nitrogen and oxygen atoms in total. The number of nitrogens with one attached hydrogen (secondary N) is 3. The number of amides is 1. The Balaban J connectivity index is 1.99. The molecule has 0 unspecified atom stereocenters. The molecule has 1 aliphatic heterocycles. The number of fused-ring (bicyclic) bond motifs is 1. The molecule has 1 amide bonds. The molecular formula is C14H22N4O. The lowest BCUT2D eigenvalue weighted by Gasteiger charge is -2.22. The summed E-state index contributed by atoms with van der Waals surface area (Å²) in [6, 6.07) is 5.76. The largest absolute Gasteiger partial charge is 0.382 e. The van der Waals surface area contributed by atoms with Gasteiger partial charge in [-0.25, -0.2) is 0 Å². The van der Waals surface area contributed by atoms with Crippen LogP contribution in [0.5, 0.6) is 0 Å². The van der Waals surface area contributed by atoms with Crippen LogP contribution in [0.4, 0.5) is 11.4 Å². The van der Waals surface area contributed by atoms with E-state index in [9.17, 15) is 4.79 Å². The Kier molecular flexibility index (Phi) is 4.63. The quantitative estimate of drug-likeness (QED) is 0.746. The zero-order valence-electron chi connectivity index (χ0n) is 11.6. The number of likely N-dealkylation sites (N-methyl/N-ethyl adjacent to an activating group) is 1. The number of hydrogen-bond donors (Lipinski definition) is 3. The Hall–Kier alpha value is -1.75. The van der Waals surface area contributed by atoms with Crippen LogP contribution in [0.1, 0.15) is 17.3 Å². The summed E-state index contributed by atoms with van der Waals surface area (Å²) in [6.07, 6.45) is 0. The molecule has 1 aromatic rings. The van der Waals surface area contributed by atoms with Gasteiger partial charge >= 0.3 is 0 Å². The van der Waals surface area contributed by atoms with Crippen LogP contribution in [0, 0.1) is 0 Å². The summed E-state index contributed by atoms with van der Waals surface area (Å²) in [7, 11) is 2.04. The van der Waals surface area contributed by atoms with Crippen LogP contribution < -0.4 is 16.0 Å². The SMILES string of the molecule is CCN(C)CCNC(=O)c1cccc2c1NCCN2. The van der Waals surface area contributed by atoms with Gasteiger partial charge < -0.3 is 20.9 Å². The average Bonchev–Trinajstić information content (AvgIpc) is 2.46. The van der Waals surface area contributed by atoms with Gasteiger partial charge in [0, 0.05) is 26.2 Å². The summed E-state index contributed by atoms with van der Waals surface area (Å²) in [6.45, 7) is 6.35. The molecule has 0 spiro atoms. The third kappa shape index (κ3) is 3.38. The fraction of sp³-hybridized carbons (Fsp3) is 0.500. The van der Waals surface area contributed by atoms with E-state index in [2.05, 4.69) is 27.8 Å². The molecule has 1 heterocycles. The molecule has 1 aromatic carbocycles. The smallest absolute Gasteiger partial charge is 0.253 e. The molecular weight excluding hydrogens is 240 g/mol. The van der Waals surface area contributed by atoms with Crippen LogP contribution in [0.15, 0.2) is 18.2 Å². The van der Waals surface area contributed by atoms with Crippen LogP contribution in [0.25, 0.3) is 0 Å². The minimum Gasteiger partial charge on any atom is -0.382 e. The number of carbonyl (C=O) groups excluding carboxylic acids is 1. The monoisotopic (exact) mass is 262 g/mol. The second-order valence-corrected chi connectivity index (χ2v) is 4.73. The Morgan fingerprint density at radius 3 is 2.95 bits per heavy atom. The van der Waals surface area contributed by atoms with Crippen molar-refractivity contribution < 1.29 is 4.79 Å². The van der Waals surface area contributed by atoms with Crippen LogP contribution in [-0.2, 0) is 0 Å². The highest BCUT2D eigenvalue weighted by Gasteiger charge is 2.16. The van der Waals surface area contributed by atoms with Gasteiger partial charge in [-0.1, -0.05) is 13.0 Å². The highest BCUT2D eigenvalue weighted by atomic mass is 16.1. The predicted octanol–water partition coefficient (Wildman–Crippen LogP) is 1.21. The first kappa shape index (κ1) is 13.7. The molecule has 2 rings (SSSR count). The maximum atomic E-state index is 12.2. The van der Waals surface area contributed by atoms with E-state index >= 15 is 0 Å². The zero-order chi connectivity index (χ0) is 13.7. The Bertz CT molecular complexity index is 447. The van der Waals surface area contributed by atoms with Crippen LogP contribution in [0.2, 0.25) is 0 Å². The van der Waals surface area contributed by atoms with E-state index in [1.807, 2.05) is 25.2 Å². The van der Waals surface area contributed by atoms with E-state index in [-0.39, 0.29) is 5.91 Å². The van der Waals surface area contributed by atoms with E-state index in [0.29, 0.717) is 12.1 Å². The third-order valence-electron chi connectivity index (χ3n) is 3.37. The lowest BCUT2D eigenvalue weighted by Crippen LogP contribution is -2.33. The first-order valence-corrected chi connectivity index (χ1v) is 6.80. The molecule has 0 fully saturated rings. The van der Waals surface area contributed by atoms with Gasteiger partial charge in [-0.3, -0.25) is 4.79 Å². The van der Waals surface area contributed by atoms with Crippen LogP contribution in [-0.4, -0.2) is 50.6 Å². The number of carbonyl (C=O) groups is 1. The summed E-state index contributed by atoms with van der Waals surface area (Å²) in [5.41, 5.74) is 2.63. The van der Waals surface area contributed by atoms with Gasteiger partial charge in [0.05, 0.1) is 16.9 Å². The minimum absolute atomic E-state index is 0.0162. The molecule has 5 heteroatoms. The van der Waals surface area contributed by atoms with Crippen molar-refractivity contribution >= 4 is 17.3 Å². The predicted molar refractivity (Wildman–Crippen MR) is 78.9 cm³/mol. The summed E-state index contributed by atoms with van der Waals surface area (Å²) in [5.74, 6) is -0.0162. The van der Waals surface area contributed by atoms with Crippen molar-refractivity contribution in [2.24, 2.45) is 0 Å². The van der Waals surface area contributed by atoms with Crippen molar-refractivity contribution in [3.05, 3.63) is 23.8 Å². The lowest BCUT2D eigenvalue weighted by atomic mass is 10.1. The molecule has 1 aliphatic rings. The topological polar surface area (TPSA) is 56.4 Å². The maximum Gasteiger partial charge on any atom is 0.253 e. The molecule has 0 saturated carbocycles. The molecule has 3 N–H and O–H groups in total. The van der Waals surface area contributed by atoms with E-state index in [4.69, 9.17) is 0 Å². The lowest BCUT2D eigenvalue weighted by molar-refractivity contribution is 0.0951. The molecule has 0 aromatic heterocycles. The van der Waals surface area contributed by atoms with Crippen LogP contribution >= 0.6 is 0 Å². The summed E-state index contributed by atoms with van der Waals surface area (Å²) in [5, 5.41) is 9.55. The van der Waals surface area contributed by atoms with E-state index in [0.717, 1.165) is 37.6 Å². The standard InChI is InChI=1S/C14H22N4O/c1-3-18(2)10-9-17-14(19)11-5-4-6-12-13(11)16-8-7-15-12/h4-6,15-16H,3,7-10H2,1-2H3,(H,17,19). The molecule has 19 heavy (non-hydrogen) atoms. The van der Waals surface area contributed by atoms with Gasteiger partial charge in [0.15, 0.2) is 0 Å². The highest BCUT2D eigenvalue weighted by Crippen LogP contribution is 2.28. The normalized spacial score (nSPS) is 13.4. The van der Waals surface area contributed by atoms with Crippen molar-refractivity contribution in [1.29, 1.82) is 0 Å². The first-order chi connectivity index (χ1) is 9.22. The summed E-state index contributed by atoms with van der Waals surface area (Å²) < 4.78 is 0. The van der Waals surface area contributed by atoms with Gasteiger partial charge in [-0.05, 0) is 25.7 Å². The molecule has 0 bridgehead atoms. The van der Waals surface area contributed by atoms with Gasteiger partial charge in [0.1, 0.15) is 0 Å². The second kappa shape index (κ2) is 6.43. The van der Waals surface area contributed by atoms with Crippen molar-refractivity contribution in [3.8, 4) is 0 Å². The fourth-order valence-electron chi connectivity index (χ4n) is 2.08. The van der Waals surface area contributed by atoms with Crippen molar-refractivity contribution in [3.63, 3.8) is 0 Å². The van der Waals surface area contributed by atoms with E-state index in [1.54, 1.807) is 0 Å². The van der Waals surface area contributed by atoms with Gasteiger partial charge in [-0.15, -0.1) is 0 Å². The number of anilines is 2. The minimum atomic E-state index is -0.0162. The van der Waals surface area contributed by atoms with Crippen LogP contribution in [0.3, 0.4) is 0 Å². The highest BCUT2D eigenvalue weighted by molar-refractivity contribution is 6.02. The third-order valence-corrected chi connectivity index (χ3v) is 3.37. The van der Waals surface area contributed by atoms with Crippen molar-refractivity contribution in [2.75, 3.05) is 50.4 Å². The molecule has 0 atom stereocenters. The Labute approximate surface area is 114 Å². The summed E-state index contributed by atoms with van der Waals surface area (Å²) >= 11 is 0. The Morgan fingerprint density at radius 1 is 1.37 bits per heavy atom.